The van der Waals surface area contributed by atoms with Crippen LogP contribution in [0.3, 0.4) is 0 Å². The number of hydrogen-bond acceptors (Lipinski definition) is 0. The molecule has 0 nitrogen and oxygen atoms in total. The number of alkyl halides is 1. The topological polar surface area (TPSA) is 0 Å². The first-order valence-electron chi connectivity index (χ1n) is 3.34. The van der Waals surface area contributed by atoms with Gasteiger partial charge in [-0.2, -0.15) is 0 Å². The molecule has 1 aliphatic rings. The Kier molecular flexibility index (Phi) is 3.18. The van der Waals surface area contributed by atoms with Crippen LogP contribution in [0.4, 0.5) is 0 Å². The second-order valence-electron chi connectivity index (χ2n) is 2.52. The molecule has 0 radical (unpaired) electrons. The number of halogens is 2. The van der Waals surface area contributed by atoms with Crippen molar-refractivity contribution in [3.05, 3.63) is 22.2 Å². The molecule has 0 spiro atoms. The van der Waals surface area contributed by atoms with Gasteiger partial charge in [0.05, 0.1) is 0 Å². The quantitative estimate of drug-likeness (QED) is 0.636. The van der Waals surface area contributed by atoms with Crippen LogP contribution in [0.5, 0.6) is 0 Å². The third-order valence-corrected chi connectivity index (χ3v) is 3.53. The lowest BCUT2D eigenvalue weighted by Gasteiger charge is -2.17. The lowest BCUT2D eigenvalue weighted by Crippen LogP contribution is -2.05. The van der Waals surface area contributed by atoms with Crippen molar-refractivity contribution in [1.82, 2.24) is 0 Å². The van der Waals surface area contributed by atoms with Crippen molar-refractivity contribution < 1.29 is 0 Å². The number of hydrogen-bond donors (Lipinski definition) is 0. The molecule has 10 heavy (non-hydrogen) atoms. The van der Waals surface area contributed by atoms with Crippen molar-refractivity contribution in [1.29, 1.82) is 0 Å². The highest BCUT2D eigenvalue weighted by Crippen LogP contribution is 2.29. The van der Waals surface area contributed by atoms with Gasteiger partial charge in [-0.05, 0) is 19.3 Å². The molecule has 0 aromatic rings. The van der Waals surface area contributed by atoms with Crippen LogP contribution in [0, 0.1) is 5.92 Å². The summed E-state index contributed by atoms with van der Waals surface area (Å²) in [6.45, 7) is 2.18. The van der Waals surface area contributed by atoms with Crippen molar-refractivity contribution in [3.8, 4) is 0 Å². The van der Waals surface area contributed by atoms with E-state index in [2.05, 4.69) is 50.9 Å². The van der Waals surface area contributed by atoms with E-state index in [4.69, 9.17) is 0 Å². The molecule has 0 heterocycles. The highest BCUT2D eigenvalue weighted by molar-refractivity contribution is 9.12. The van der Waals surface area contributed by atoms with Crippen molar-refractivity contribution in [2.24, 2.45) is 5.92 Å². The second-order valence-corrected chi connectivity index (χ2v) is 4.02. The minimum absolute atomic E-state index is 0.694. The van der Waals surface area contributed by atoms with E-state index in [9.17, 15) is 0 Å². The summed E-state index contributed by atoms with van der Waals surface area (Å²) >= 11 is 7.00. The average molecular weight is 266 g/mol. The number of rotatable bonds is 1. The van der Waals surface area contributed by atoms with E-state index in [-0.39, 0.29) is 0 Å². The fraction of sp³-hybridized carbons (Fsp3) is 0.500. The van der Waals surface area contributed by atoms with Crippen LogP contribution in [0.2, 0.25) is 0 Å². The van der Waals surface area contributed by atoms with Gasteiger partial charge in [-0.1, -0.05) is 49.6 Å². The molecule has 1 aliphatic carbocycles. The largest absolute Gasteiger partial charge is 0.0921 e. The third kappa shape index (κ3) is 1.73. The molecule has 0 aromatic carbocycles. The summed E-state index contributed by atoms with van der Waals surface area (Å²) in [6, 6.07) is 0. The average Bonchev–Trinajstić information content (AvgIpc) is 1.95. The van der Waals surface area contributed by atoms with E-state index in [1.165, 1.54) is 16.5 Å². The van der Waals surface area contributed by atoms with Crippen molar-refractivity contribution in [3.63, 3.8) is 0 Å². The summed E-state index contributed by atoms with van der Waals surface area (Å²) in [5.74, 6) is 0.694. The molecule has 1 unspecified atom stereocenters. The van der Waals surface area contributed by atoms with Crippen LogP contribution in [-0.2, 0) is 0 Å². The molecule has 2 heteroatoms. The standard InChI is InChI=1S/C8H10Br2/c1-6-7(5-9)3-2-4-8(6)10/h2,4,7H,3,5H2,1H3. The molecule has 1 rings (SSSR count). The van der Waals surface area contributed by atoms with Crippen LogP contribution in [-0.4, -0.2) is 5.33 Å². The Balaban J connectivity index is 2.77. The first-order valence-corrected chi connectivity index (χ1v) is 5.26. The van der Waals surface area contributed by atoms with Crippen LogP contribution in [0.1, 0.15) is 13.3 Å². The maximum Gasteiger partial charge on any atom is 0.0164 e. The minimum atomic E-state index is 0.694. The zero-order valence-corrected chi connectivity index (χ0v) is 9.07. The van der Waals surface area contributed by atoms with Gasteiger partial charge in [-0.25, -0.2) is 0 Å². The molecule has 0 saturated carbocycles. The van der Waals surface area contributed by atoms with E-state index in [0.717, 1.165) is 5.33 Å². The summed E-state index contributed by atoms with van der Waals surface area (Å²) < 4.78 is 1.25. The van der Waals surface area contributed by atoms with Gasteiger partial charge in [0.25, 0.3) is 0 Å². The van der Waals surface area contributed by atoms with Gasteiger partial charge in [0, 0.05) is 9.81 Å². The van der Waals surface area contributed by atoms with Gasteiger partial charge < -0.3 is 0 Å². The molecule has 0 saturated heterocycles. The summed E-state index contributed by atoms with van der Waals surface area (Å²) in [7, 11) is 0. The van der Waals surface area contributed by atoms with E-state index >= 15 is 0 Å². The Bertz CT molecular complexity index is 180. The molecule has 0 bridgehead atoms. The molecule has 1 atom stereocenters. The van der Waals surface area contributed by atoms with E-state index in [1.807, 2.05) is 0 Å². The first-order chi connectivity index (χ1) is 4.75. The predicted octanol–water partition coefficient (Wildman–Crippen LogP) is 3.63. The minimum Gasteiger partial charge on any atom is -0.0921 e. The lowest BCUT2D eigenvalue weighted by molar-refractivity contribution is 0.701. The molecule has 0 aromatic heterocycles. The van der Waals surface area contributed by atoms with Gasteiger partial charge in [-0.3, -0.25) is 0 Å². The van der Waals surface area contributed by atoms with Gasteiger partial charge in [-0.15, -0.1) is 0 Å². The monoisotopic (exact) mass is 264 g/mol. The van der Waals surface area contributed by atoms with Crippen molar-refractivity contribution in [2.45, 2.75) is 13.3 Å². The van der Waals surface area contributed by atoms with Gasteiger partial charge >= 0.3 is 0 Å². The molecule has 56 valence electrons. The zero-order chi connectivity index (χ0) is 7.56. The van der Waals surface area contributed by atoms with E-state index in [0.29, 0.717) is 5.92 Å². The molecule has 0 fully saturated rings. The summed E-state index contributed by atoms with van der Waals surface area (Å²) in [4.78, 5) is 0. The molecule has 0 aliphatic heterocycles. The van der Waals surface area contributed by atoms with Crippen LogP contribution < -0.4 is 0 Å². The van der Waals surface area contributed by atoms with Crippen LogP contribution >= 0.6 is 31.9 Å². The van der Waals surface area contributed by atoms with Gasteiger partial charge in [0.15, 0.2) is 0 Å². The highest BCUT2D eigenvalue weighted by atomic mass is 79.9. The number of allylic oxidation sites excluding steroid dienone is 4. The fourth-order valence-corrected chi connectivity index (χ4v) is 2.28. The first kappa shape index (κ1) is 8.54. The highest BCUT2D eigenvalue weighted by Gasteiger charge is 2.12. The fourth-order valence-electron chi connectivity index (χ4n) is 1.02. The Morgan fingerprint density at radius 3 is 2.90 bits per heavy atom. The Morgan fingerprint density at radius 2 is 2.40 bits per heavy atom. The van der Waals surface area contributed by atoms with Crippen molar-refractivity contribution >= 4 is 31.9 Å². The maximum absolute atomic E-state index is 3.51. The summed E-state index contributed by atoms with van der Waals surface area (Å²) in [6.07, 6.45) is 5.52. The third-order valence-electron chi connectivity index (χ3n) is 1.86. The second kappa shape index (κ2) is 3.72. The molecule has 0 N–H and O–H groups in total. The molecular weight excluding hydrogens is 256 g/mol. The Hall–Kier alpha value is 0.440. The normalized spacial score (nSPS) is 25.7. The summed E-state index contributed by atoms with van der Waals surface area (Å²) in [5, 5.41) is 1.07. The molecular formula is C8H10Br2. The smallest absolute Gasteiger partial charge is 0.0164 e. The van der Waals surface area contributed by atoms with E-state index < -0.39 is 0 Å². The Morgan fingerprint density at radius 1 is 1.70 bits per heavy atom. The predicted molar refractivity (Wildman–Crippen MR) is 52.7 cm³/mol. The zero-order valence-electron chi connectivity index (χ0n) is 5.90. The van der Waals surface area contributed by atoms with Crippen LogP contribution in [0.15, 0.2) is 22.2 Å². The Labute approximate surface area is 78.6 Å². The van der Waals surface area contributed by atoms with Gasteiger partial charge in [0.1, 0.15) is 0 Å². The molecule has 0 amide bonds. The van der Waals surface area contributed by atoms with E-state index in [1.54, 1.807) is 0 Å². The van der Waals surface area contributed by atoms with Gasteiger partial charge in [0.2, 0.25) is 0 Å². The SMILES string of the molecule is CC1=C(Br)C=CCC1CBr. The van der Waals surface area contributed by atoms with Crippen LogP contribution in [0.25, 0.3) is 0 Å². The van der Waals surface area contributed by atoms with Crippen molar-refractivity contribution in [2.75, 3.05) is 5.33 Å². The maximum atomic E-state index is 3.51. The summed E-state index contributed by atoms with van der Waals surface area (Å²) in [5.41, 5.74) is 1.46. The lowest BCUT2D eigenvalue weighted by atomic mass is 9.95.